The minimum Gasteiger partial charge on any atom is -0.494 e. The van der Waals surface area contributed by atoms with Gasteiger partial charge in [-0.05, 0) is 74.5 Å². The quantitative estimate of drug-likeness (QED) is 0.569. The summed E-state index contributed by atoms with van der Waals surface area (Å²) in [6.45, 7) is 6.21. The average molecular weight is 476 g/mol. The first-order valence-corrected chi connectivity index (χ1v) is 12.2. The van der Waals surface area contributed by atoms with Crippen molar-refractivity contribution in [2.75, 3.05) is 19.7 Å². The van der Waals surface area contributed by atoms with E-state index in [1.54, 1.807) is 6.07 Å². The monoisotopic (exact) mass is 475 g/mol. The number of nitrogens with zero attached hydrogens (tertiary/aromatic N) is 1. The number of rotatable bonds is 7. The van der Waals surface area contributed by atoms with Gasteiger partial charge in [0.25, 0.3) is 0 Å². The lowest BCUT2D eigenvalue weighted by Gasteiger charge is -2.42. The second kappa shape index (κ2) is 10.7. The zero-order valence-corrected chi connectivity index (χ0v) is 20.0. The number of aliphatic hydroxyl groups is 3. The van der Waals surface area contributed by atoms with Gasteiger partial charge in [0.15, 0.2) is 0 Å². The van der Waals surface area contributed by atoms with Crippen LogP contribution in [0.1, 0.15) is 49.5 Å². The number of ether oxygens (including phenoxy) is 2. The van der Waals surface area contributed by atoms with Gasteiger partial charge in [0.05, 0.1) is 12.7 Å². The third-order valence-corrected chi connectivity index (χ3v) is 7.21. The van der Waals surface area contributed by atoms with Gasteiger partial charge in [-0.1, -0.05) is 35.9 Å². The van der Waals surface area contributed by atoms with Gasteiger partial charge in [-0.15, -0.1) is 0 Å². The second-order valence-electron chi connectivity index (χ2n) is 9.16. The number of hydrogen-bond acceptors (Lipinski definition) is 6. The first-order valence-electron chi connectivity index (χ1n) is 11.8. The van der Waals surface area contributed by atoms with E-state index in [4.69, 9.17) is 21.1 Å². The van der Waals surface area contributed by atoms with Crippen molar-refractivity contribution in [1.82, 2.24) is 4.90 Å². The molecule has 2 aliphatic heterocycles. The Morgan fingerprint density at radius 1 is 1.06 bits per heavy atom. The fraction of sp³-hybridized carbons (Fsp3) is 0.538. The van der Waals surface area contributed by atoms with Crippen molar-refractivity contribution < 1.29 is 24.8 Å². The van der Waals surface area contributed by atoms with Gasteiger partial charge in [0.2, 0.25) is 0 Å². The van der Waals surface area contributed by atoms with Crippen molar-refractivity contribution in [3.63, 3.8) is 0 Å². The number of aliphatic hydroxyl groups excluding tert-OH is 3. The van der Waals surface area contributed by atoms with Crippen molar-refractivity contribution in [3.8, 4) is 5.75 Å². The zero-order valence-electron chi connectivity index (χ0n) is 19.2. The predicted molar refractivity (Wildman–Crippen MR) is 128 cm³/mol. The highest BCUT2D eigenvalue weighted by molar-refractivity contribution is 6.31. The molecule has 2 heterocycles. The summed E-state index contributed by atoms with van der Waals surface area (Å²) in [5.74, 6) is 0.825. The maximum atomic E-state index is 10.7. The van der Waals surface area contributed by atoms with Crippen molar-refractivity contribution >= 4 is 11.6 Å². The zero-order chi connectivity index (χ0) is 23.5. The molecule has 6 nitrogen and oxygen atoms in total. The third kappa shape index (κ3) is 5.53. The Morgan fingerprint density at radius 2 is 1.82 bits per heavy atom. The molecule has 0 radical (unpaired) electrons. The van der Waals surface area contributed by atoms with Crippen LogP contribution in [-0.4, -0.2) is 70.4 Å². The van der Waals surface area contributed by atoms with E-state index in [9.17, 15) is 15.3 Å². The Morgan fingerprint density at radius 3 is 2.48 bits per heavy atom. The summed E-state index contributed by atoms with van der Waals surface area (Å²) in [6, 6.07) is 13.8. The summed E-state index contributed by atoms with van der Waals surface area (Å²) in [5.41, 5.74) is 2.72. The molecule has 2 fully saturated rings. The molecule has 0 aliphatic carbocycles. The summed E-state index contributed by atoms with van der Waals surface area (Å²) in [5, 5.41) is 32.5. The SMILES string of the molecule is CCOc1ccc(Cc2cc([C@@H]3O[C@H](CN4CCC[C@H]4C)[C@@H](O)[C@H](O)[C@H]3O)ccc2Cl)cc1. The largest absolute Gasteiger partial charge is 0.494 e. The first-order chi connectivity index (χ1) is 15.9. The average Bonchev–Trinajstić information content (AvgIpc) is 3.21. The molecule has 0 saturated carbocycles. The van der Waals surface area contributed by atoms with E-state index in [0.29, 0.717) is 30.6 Å². The molecule has 0 amide bonds. The number of benzene rings is 2. The summed E-state index contributed by atoms with van der Waals surface area (Å²) in [7, 11) is 0. The molecule has 2 aromatic carbocycles. The van der Waals surface area contributed by atoms with Crippen LogP contribution < -0.4 is 4.74 Å². The summed E-state index contributed by atoms with van der Waals surface area (Å²) >= 11 is 6.49. The van der Waals surface area contributed by atoms with Gasteiger partial charge in [-0.3, -0.25) is 4.90 Å². The van der Waals surface area contributed by atoms with E-state index in [0.717, 1.165) is 41.8 Å². The Bertz CT molecular complexity index is 923. The maximum Gasteiger partial charge on any atom is 0.119 e. The van der Waals surface area contributed by atoms with Crippen LogP contribution in [0.4, 0.5) is 0 Å². The summed E-state index contributed by atoms with van der Waals surface area (Å²) in [6.07, 6.45) is -2.14. The van der Waals surface area contributed by atoms with E-state index in [-0.39, 0.29) is 0 Å². The van der Waals surface area contributed by atoms with Crippen LogP contribution in [0.3, 0.4) is 0 Å². The Hall–Kier alpha value is -1.67. The normalized spacial score (nSPS) is 30.5. The fourth-order valence-electron chi connectivity index (χ4n) is 4.87. The van der Waals surface area contributed by atoms with E-state index >= 15 is 0 Å². The molecule has 7 heteroatoms. The summed E-state index contributed by atoms with van der Waals surface area (Å²) in [4.78, 5) is 2.27. The molecular formula is C26H34ClNO5. The van der Waals surface area contributed by atoms with Crippen LogP contribution >= 0.6 is 11.6 Å². The standard InChI is InChI=1S/C26H34ClNO5/c1-3-32-20-9-6-17(7-10-20)13-19-14-18(8-11-21(19)27)26-25(31)24(30)23(29)22(33-26)15-28-12-4-5-16(28)2/h6-11,14,16,22-26,29-31H,3-5,12-13,15H2,1-2H3/t16-,22-,23-,24+,25-,26+/m1/s1. The van der Waals surface area contributed by atoms with Gasteiger partial charge < -0.3 is 24.8 Å². The van der Waals surface area contributed by atoms with Crippen molar-refractivity contribution in [2.24, 2.45) is 0 Å². The lowest BCUT2D eigenvalue weighted by atomic mass is 9.89. The third-order valence-electron chi connectivity index (χ3n) is 6.84. The van der Waals surface area contributed by atoms with Gasteiger partial charge >= 0.3 is 0 Å². The van der Waals surface area contributed by atoms with Crippen LogP contribution in [-0.2, 0) is 11.2 Å². The van der Waals surface area contributed by atoms with Crippen molar-refractivity contribution in [2.45, 2.75) is 69.7 Å². The first kappa shape index (κ1) is 24.5. The van der Waals surface area contributed by atoms with Crippen LogP contribution in [0.15, 0.2) is 42.5 Å². The minimum absolute atomic E-state index is 0.416. The van der Waals surface area contributed by atoms with Gasteiger partial charge in [-0.2, -0.15) is 0 Å². The molecular weight excluding hydrogens is 442 g/mol. The molecule has 0 bridgehead atoms. The minimum atomic E-state index is -1.28. The van der Waals surface area contributed by atoms with Crippen LogP contribution in [0.25, 0.3) is 0 Å². The van der Waals surface area contributed by atoms with Gasteiger partial charge in [0, 0.05) is 17.6 Å². The van der Waals surface area contributed by atoms with E-state index in [2.05, 4.69) is 11.8 Å². The van der Waals surface area contributed by atoms with Crippen LogP contribution in [0.2, 0.25) is 5.02 Å². The Balaban J connectivity index is 1.52. The predicted octanol–water partition coefficient (Wildman–Crippen LogP) is 3.34. The van der Waals surface area contributed by atoms with Gasteiger partial charge in [-0.25, -0.2) is 0 Å². The Kier molecular flexibility index (Phi) is 7.95. The van der Waals surface area contributed by atoms with Crippen LogP contribution in [0.5, 0.6) is 5.75 Å². The molecule has 2 aliphatic rings. The molecule has 3 N–H and O–H groups in total. The van der Waals surface area contributed by atoms with E-state index in [1.807, 2.05) is 43.3 Å². The van der Waals surface area contributed by atoms with E-state index in [1.165, 1.54) is 0 Å². The molecule has 6 atom stereocenters. The summed E-state index contributed by atoms with van der Waals surface area (Å²) < 4.78 is 11.7. The van der Waals surface area contributed by atoms with Gasteiger partial charge in [0.1, 0.15) is 30.2 Å². The lowest BCUT2D eigenvalue weighted by Crippen LogP contribution is -2.57. The molecule has 4 rings (SSSR count). The number of likely N-dealkylation sites (tertiary alicyclic amines) is 1. The molecule has 2 saturated heterocycles. The fourth-order valence-corrected chi connectivity index (χ4v) is 5.05. The Labute approximate surface area is 200 Å². The molecule has 33 heavy (non-hydrogen) atoms. The number of hydrogen-bond donors (Lipinski definition) is 3. The highest BCUT2D eigenvalue weighted by atomic mass is 35.5. The molecule has 2 aromatic rings. The lowest BCUT2D eigenvalue weighted by molar-refractivity contribution is -0.228. The maximum absolute atomic E-state index is 10.7. The van der Waals surface area contributed by atoms with Crippen molar-refractivity contribution in [1.29, 1.82) is 0 Å². The topological polar surface area (TPSA) is 82.4 Å². The molecule has 180 valence electrons. The highest BCUT2D eigenvalue weighted by Crippen LogP contribution is 2.35. The van der Waals surface area contributed by atoms with Crippen molar-refractivity contribution in [3.05, 3.63) is 64.2 Å². The van der Waals surface area contributed by atoms with E-state index < -0.39 is 30.5 Å². The second-order valence-corrected chi connectivity index (χ2v) is 9.56. The van der Waals surface area contributed by atoms with Crippen LogP contribution in [0, 0.1) is 0 Å². The number of halogens is 1. The smallest absolute Gasteiger partial charge is 0.119 e. The molecule has 0 unspecified atom stereocenters. The molecule has 0 aromatic heterocycles. The highest BCUT2D eigenvalue weighted by Gasteiger charge is 2.45. The molecule has 0 spiro atoms.